The van der Waals surface area contributed by atoms with Crippen molar-refractivity contribution in [1.29, 1.82) is 0 Å². The third-order valence-electron chi connectivity index (χ3n) is 3.52. The van der Waals surface area contributed by atoms with Gasteiger partial charge >= 0.3 is 12.0 Å². The van der Waals surface area contributed by atoms with Crippen LogP contribution in [0.4, 0.5) is 4.79 Å². The summed E-state index contributed by atoms with van der Waals surface area (Å²) in [7, 11) is 0. The molecule has 1 aliphatic rings. The monoisotopic (exact) mass is 272 g/mol. The number of carboxylic acid groups (broad SMARTS) is 1. The molecule has 19 heavy (non-hydrogen) atoms. The summed E-state index contributed by atoms with van der Waals surface area (Å²) >= 11 is 0. The number of nitrogens with zero attached hydrogens (tertiary/aromatic N) is 1. The molecule has 6 nitrogen and oxygen atoms in total. The Bertz CT molecular complexity index is 331. The fraction of sp³-hybridized carbons (Fsp3) is 0.846. The third kappa shape index (κ3) is 5.06. The van der Waals surface area contributed by atoms with Crippen LogP contribution in [0.3, 0.4) is 0 Å². The van der Waals surface area contributed by atoms with Crippen LogP contribution in [0, 0.1) is 0 Å². The van der Waals surface area contributed by atoms with Crippen molar-refractivity contribution in [3.05, 3.63) is 0 Å². The van der Waals surface area contributed by atoms with Crippen LogP contribution in [0.1, 0.15) is 46.0 Å². The molecule has 1 fully saturated rings. The first-order valence-corrected chi connectivity index (χ1v) is 6.86. The minimum Gasteiger partial charge on any atom is -0.480 e. The predicted molar refractivity (Wildman–Crippen MR) is 70.9 cm³/mol. The molecule has 110 valence electrons. The van der Waals surface area contributed by atoms with Gasteiger partial charge in [0.05, 0.1) is 5.60 Å². The number of hydrogen-bond acceptors (Lipinski definition) is 3. The van der Waals surface area contributed by atoms with Crippen molar-refractivity contribution in [2.24, 2.45) is 0 Å². The molecule has 1 rings (SSSR count). The average Bonchev–Trinajstić information content (AvgIpc) is 2.49. The molecule has 0 radical (unpaired) electrons. The van der Waals surface area contributed by atoms with Crippen LogP contribution in [-0.4, -0.2) is 51.8 Å². The maximum Gasteiger partial charge on any atom is 0.326 e. The van der Waals surface area contributed by atoms with E-state index in [4.69, 9.17) is 5.11 Å². The third-order valence-corrected chi connectivity index (χ3v) is 3.52. The standard InChI is InChI=1S/C13H24N2O4/c1-3-5-10(11(16)17)14-12(18)15-8-4-6-13(2,19)7-9-15/h10,19H,3-9H2,1-2H3,(H,14,18)(H,16,17)/t10-,13?/m1/s1. The van der Waals surface area contributed by atoms with E-state index in [1.807, 2.05) is 6.92 Å². The number of hydrogen-bond donors (Lipinski definition) is 3. The number of carbonyl (C=O) groups is 2. The topological polar surface area (TPSA) is 89.9 Å². The summed E-state index contributed by atoms with van der Waals surface area (Å²) in [5.74, 6) is -1.00. The van der Waals surface area contributed by atoms with Gasteiger partial charge in [-0.1, -0.05) is 13.3 Å². The van der Waals surface area contributed by atoms with Crippen molar-refractivity contribution in [3.8, 4) is 0 Å². The van der Waals surface area contributed by atoms with Gasteiger partial charge in [0.25, 0.3) is 0 Å². The summed E-state index contributed by atoms with van der Waals surface area (Å²) in [4.78, 5) is 24.6. The highest BCUT2D eigenvalue weighted by molar-refractivity contribution is 5.82. The lowest BCUT2D eigenvalue weighted by molar-refractivity contribution is -0.139. The van der Waals surface area contributed by atoms with Crippen molar-refractivity contribution in [2.75, 3.05) is 13.1 Å². The summed E-state index contributed by atoms with van der Waals surface area (Å²) in [6.45, 7) is 4.66. The predicted octanol–water partition coefficient (Wildman–Crippen LogP) is 1.19. The highest BCUT2D eigenvalue weighted by Gasteiger charge is 2.28. The van der Waals surface area contributed by atoms with Crippen LogP contribution in [0.25, 0.3) is 0 Å². The molecule has 0 aromatic carbocycles. The van der Waals surface area contributed by atoms with Crippen LogP contribution in [0.5, 0.6) is 0 Å². The van der Waals surface area contributed by atoms with Gasteiger partial charge in [-0.3, -0.25) is 0 Å². The lowest BCUT2D eigenvalue weighted by Gasteiger charge is -2.24. The van der Waals surface area contributed by atoms with E-state index in [1.54, 1.807) is 11.8 Å². The fourth-order valence-corrected chi connectivity index (χ4v) is 2.25. The van der Waals surface area contributed by atoms with E-state index in [9.17, 15) is 14.7 Å². The average molecular weight is 272 g/mol. The molecule has 0 aromatic rings. The van der Waals surface area contributed by atoms with Crippen LogP contribution in [0.2, 0.25) is 0 Å². The van der Waals surface area contributed by atoms with Crippen molar-refractivity contribution in [2.45, 2.75) is 57.6 Å². The van der Waals surface area contributed by atoms with Gasteiger partial charge in [0.1, 0.15) is 6.04 Å². The molecule has 0 aromatic heterocycles. The number of carbonyl (C=O) groups excluding carboxylic acids is 1. The van der Waals surface area contributed by atoms with E-state index in [-0.39, 0.29) is 6.03 Å². The second-order valence-corrected chi connectivity index (χ2v) is 5.47. The van der Waals surface area contributed by atoms with Crippen molar-refractivity contribution in [3.63, 3.8) is 0 Å². The molecule has 0 bridgehead atoms. The Balaban J connectivity index is 2.54. The summed E-state index contributed by atoms with van der Waals surface area (Å²) in [5, 5.41) is 21.5. The molecular weight excluding hydrogens is 248 g/mol. The first kappa shape index (κ1) is 15.8. The summed E-state index contributed by atoms with van der Waals surface area (Å²) in [5.41, 5.74) is -0.732. The van der Waals surface area contributed by atoms with Gasteiger partial charge < -0.3 is 20.4 Å². The quantitative estimate of drug-likeness (QED) is 0.717. The Morgan fingerprint density at radius 2 is 2.05 bits per heavy atom. The van der Waals surface area contributed by atoms with Gasteiger partial charge in [-0.2, -0.15) is 0 Å². The lowest BCUT2D eigenvalue weighted by Crippen LogP contribution is -2.48. The molecule has 0 aliphatic carbocycles. The first-order valence-electron chi connectivity index (χ1n) is 6.86. The van der Waals surface area contributed by atoms with Crippen molar-refractivity contribution >= 4 is 12.0 Å². The number of nitrogens with one attached hydrogen (secondary N) is 1. The molecule has 3 N–H and O–H groups in total. The Morgan fingerprint density at radius 1 is 1.37 bits per heavy atom. The highest BCUT2D eigenvalue weighted by Crippen LogP contribution is 2.21. The van der Waals surface area contributed by atoms with Gasteiger partial charge in [-0.25, -0.2) is 9.59 Å². The van der Waals surface area contributed by atoms with E-state index in [2.05, 4.69) is 5.32 Å². The normalized spacial score (nSPS) is 25.5. The van der Waals surface area contributed by atoms with Gasteiger partial charge in [0.15, 0.2) is 0 Å². The van der Waals surface area contributed by atoms with Crippen molar-refractivity contribution in [1.82, 2.24) is 10.2 Å². The van der Waals surface area contributed by atoms with Crippen LogP contribution >= 0.6 is 0 Å². The number of likely N-dealkylation sites (tertiary alicyclic amines) is 1. The minimum atomic E-state index is -1.00. The molecular formula is C13H24N2O4. The Hall–Kier alpha value is -1.30. The zero-order valence-electron chi connectivity index (χ0n) is 11.7. The minimum absolute atomic E-state index is 0.349. The Kier molecular flexibility index (Phi) is 5.60. The molecule has 0 spiro atoms. The maximum atomic E-state index is 12.0. The second-order valence-electron chi connectivity index (χ2n) is 5.47. The number of rotatable bonds is 4. The Labute approximate surface area is 113 Å². The highest BCUT2D eigenvalue weighted by atomic mass is 16.4. The van der Waals surface area contributed by atoms with Crippen LogP contribution in [-0.2, 0) is 4.79 Å². The zero-order chi connectivity index (χ0) is 14.5. The summed E-state index contributed by atoms with van der Waals surface area (Å²) in [6, 6.07) is -1.18. The van der Waals surface area contributed by atoms with E-state index in [1.165, 1.54) is 0 Å². The molecule has 1 unspecified atom stereocenters. The Morgan fingerprint density at radius 3 is 2.63 bits per heavy atom. The lowest BCUT2D eigenvalue weighted by atomic mass is 9.98. The molecule has 0 saturated carbocycles. The molecule has 2 atom stereocenters. The summed E-state index contributed by atoms with van der Waals surface area (Å²) < 4.78 is 0. The van der Waals surface area contributed by atoms with E-state index in [0.717, 1.165) is 6.42 Å². The molecule has 2 amide bonds. The van der Waals surface area contributed by atoms with Crippen molar-refractivity contribution < 1.29 is 19.8 Å². The van der Waals surface area contributed by atoms with E-state index < -0.39 is 17.6 Å². The number of amides is 2. The summed E-state index contributed by atoms with van der Waals surface area (Å²) in [6.07, 6.45) is 3.03. The molecule has 1 heterocycles. The first-order chi connectivity index (χ1) is 8.85. The van der Waals surface area contributed by atoms with Crippen LogP contribution < -0.4 is 5.32 Å². The maximum absolute atomic E-state index is 12.0. The largest absolute Gasteiger partial charge is 0.480 e. The smallest absolute Gasteiger partial charge is 0.326 e. The van der Waals surface area contributed by atoms with Crippen LogP contribution in [0.15, 0.2) is 0 Å². The number of carboxylic acids is 1. The van der Waals surface area contributed by atoms with Gasteiger partial charge in [-0.05, 0) is 32.6 Å². The second kappa shape index (κ2) is 6.75. The molecule has 6 heteroatoms. The number of urea groups is 1. The molecule has 1 saturated heterocycles. The molecule has 1 aliphatic heterocycles. The number of aliphatic carboxylic acids is 1. The van der Waals surface area contributed by atoms with E-state index in [0.29, 0.717) is 38.8 Å². The number of aliphatic hydroxyl groups is 1. The zero-order valence-corrected chi connectivity index (χ0v) is 11.7. The SMILES string of the molecule is CCC[C@@H](NC(=O)N1CCCC(C)(O)CC1)C(=O)O. The van der Waals surface area contributed by atoms with Gasteiger partial charge in [0, 0.05) is 13.1 Å². The van der Waals surface area contributed by atoms with Gasteiger partial charge in [-0.15, -0.1) is 0 Å². The van der Waals surface area contributed by atoms with Gasteiger partial charge in [0.2, 0.25) is 0 Å². The van der Waals surface area contributed by atoms with E-state index >= 15 is 0 Å². The fourth-order valence-electron chi connectivity index (χ4n) is 2.25.